The van der Waals surface area contributed by atoms with E-state index in [1.165, 1.54) is 30.4 Å². The Morgan fingerprint density at radius 2 is 2.07 bits per heavy atom. The van der Waals surface area contributed by atoms with Crippen LogP contribution < -0.4 is 4.74 Å². The average molecular weight is 204 g/mol. The van der Waals surface area contributed by atoms with Gasteiger partial charge in [-0.1, -0.05) is 19.9 Å². The van der Waals surface area contributed by atoms with E-state index in [0.717, 1.165) is 17.6 Å². The molecule has 82 valence electrons. The van der Waals surface area contributed by atoms with Gasteiger partial charge in [-0.3, -0.25) is 0 Å². The maximum Gasteiger partial charge on any atom is 0.119 e. The third-order valence-corrected chi connectivity index (χ3v) is 3.62. The van der Waals surface area contributed by atoms with Crippen LogP contribution >= 0.6 is 0 Å². The second-order valence-corrected chi connectivity index (χ2v) is 4.88. The van der Waals surface area contributed by atoms with Crippen LogP contribution in [-0.4, -0.2) is 7.11 Å². The number of rotatable bonds is 2. The molecule has 1 aromatic rings. The second kappa shape index (κ2) is 4.26. The molecule has 1 nitrogen and oxygen atoms in total. The molecule has 0 fully saturated rings. The number of hydrogen-bond acceptors (Lipinski definition) is 1. The third kappa shape index (κ3) is 2.17. The molecule has 15 heavy (non-hydrogen) atoms. The van der Waals surface area contributed by atoms with Crippen LogP contribution in [0, 0.1) is 11.8 Å². The number of aryl methyl sites for hydroxylation is 1. The zero-order valence-corrected chi connectivity index (χ0v) is 9.92. The summed E-state index contributed by atoms with van der Waals surface area (Å²) in [6, 6.07) is 6.52. The fraction of sp³-hybridized carbons (Fsp3) is 0.571. The van der Waals surface area contributed by atoms with Crippen LogP contribution in [0.2, 0.25) is 0 Å². The van der Waals surface area contributed by atoms with Gasteiger partial charge < -0.3 is 4.74 Å². The molecule has 0 spiro atoms. The van der Waals surface area contributed by atoms with E-state index in [-0.39, 0.29) is 0 Å². The van der Waals surface area contributed by atoms with Crippen LogP contribution in [0.4, 0.5) is 0 Å². The second-order valence-electron chi connectivity index (χ2n) is 4.88. The predicted molar refractivity (Wildman–Crippen MR) is 63.3 cm³/mol. The van der Waals surface area contributed by atoms with Crippen molar-refractivity contribution in [2.45, 2.75) is 33.1 Å². The molecule has 0 saturated heterocycles. The van der Waals surface area contributed by atoms with E-state index >= 15 is 0 Å². The Morgan fingerprint density at radius 3 is 2.73 bits per heavy atom. The molecule has 0 aromatic heterocycles. The van der Waals surface area contributed by atoms with Crippen molar-refractivity contribution < 1.29 is 4.74 Å². The topological polar surface area (TPSA) is 9.23 Å². The molecule has 0 heterocycles. The van der Waals surface area contributed by atoms with Gasteiger partial charge in [0.2, 0.25) is 0 Å². The molecule has 1 aromatic carbocycles. The fourth-order valence-electron chi connectivity index (χ4n) is 2.46. The van der Waals surface area contributed by atoms with Gasteiger partial charge in [-0.25, -0.2) is 0 Å². The first-order chi connectivity index (χ1) is 7.20. The lowest BCUT2D eigenvalue weighted by Crippen LogP contribution is -2.18. The van der Waals surface area contributed by atoms with Crippen molar-refractivity contribution in [3.63, 3.8) is 0 Å². The summed E-state index contributed by atoms with van der Waals surface area (Å²) in [7, 11) is 1.74. The standard InChI is InChI=1S/C14H20O/c1-10(2)11-4-5-13-9-14(15-3)7-6-12(13)8-11/h6-7,9-11H,4-5,8H2,1-3H3. The zero-order valence-electron chi connectivity index (χ0n) is 9.92. The molecule has 0 bridgehead atoms. The van der Waals surface area contributed by atoms with Crippen LogP contribution in [0.3, 0.4) is 0 Å². The quantitative estimate of drug-likeness (QED) is 0.717. The zero-order chi connectivity index (χ0) is 10.8. The summed E-state index contributed by atoms with van der Waals surface area (Å²) >= 11 is 0. The van der Waals surface area contributed by atoms with Gasteiger partial charge in [0.25, 0.3) is 0 Å². The highest BCUT2D eigenvalue weighted by atomic mass is 16.5. The van der Waals surface area contributed by atoms with Crippen LogP contribution in [-0.2, 0) is 12.8 Å². The van der Waals surface area contributed by atoms with E-state index in [2.05, 4.69) is 32.0 Å². The first kappa shape index (κ1) is 10.5. The van der Waals surface area contributed by atoms with Crippen molar-refractivity contribution in [1.82, 2.24) is 0 Å². The first-order valence-electron chi connectivity index (χ1n) is 5.86. The predicted octanol–water partition coefficient (Wildman–Crippen LogP) is 3.46. The molecule has 0 radical (unpaired) electrons. The molecule has 1 aliphatic rings. The molecule has 0 saturated carbocycles. The highest BCUT2D eigenvalue weighted by Crippen LogP contribution is 2.31. The van der Waals surface area contributed by atoms with E-state index in [1.54, 1.807) is 7.11 Å². The van der Waals surface area contributed by atoms with Gasteiger partial charge in [0.15, 0.2) is 0 Å². The lowest BCUT2D eigenvalue weighted by Gasteiger charge is -2.27. The molecule has 1 atom stereocenters. The van der Waals surface area contributed by atoms with E-state index in [9.17, 15) is 0 Å². The van der Waals surface area contributed by atoms with Crippen LogP contribution in [0.1, 0.15) is 31.4 Å². The smallest absolute Gasteiger partial charge is 0.119 e. The summed E-state index contributed by atoms with van der Waals surface area (Å²) in [6.45, 7) is 4.67. The van der Waals surface area contributed by atoms with Crippen LogP contribution in [0.5, 0.6) is 5.75 Å². The van der Waals surface area contributed by atoms with E-state index < -0.39 is 0 Å². The van der Waals surface area contributed by atoms with Crippen molar-refractivity contribution in [2.75, 3.05) is 7.11 Å². The van der Waals surface area contributed by atoms with E-state index in [4.69, 9.17) is 4.74 Å². The number of benzene rings is 1. The SMILES string of the molecule is COc1ccc2c(c1)CCC(C(C)C)C2. The fourth-order valence-corrected chi connectivity index (χ4v) is 2.46. The summed E-state index contributed by atoms with van der Waals surface area (Å²) in [5.74, 6) is 2.67. The molecule has 0 N–H and O–H groups in total. The molecule has 0 aliphatic heterocycles. The van der Waals surface area contributed by atoms with E-state index in [1.807, 2.05) is 0 Å². The van der Waals surface area contributed by atoms with Crippen molar-refractivity contribution in [3.8, 4) is 5.75 Å². The Labute approximate surface area is 92.5 Å². The molecular formula is C14H20O. The van der Waals surface area contributed by atoms with Crippen molar-refractivity contribution >= 4 is 0 Å². The van der Waals surface area contributed by atoms with Crippen molar-refractivity contribution in [3.05, 3.63) is 29.3 Å². The summed E-state index contributed by atoms with van der Waals surface area (Å²) in [5.41, 5.74) is 3.02. The highest BCUT2D eigenvalue weighted by Gasteiger charge is 2.21. The molecule has 1 heteroatoms. The van der Waals surface area contributed by atoms with Gasteiger partial charge >= 0.3 is 0 Å². The summed E-state index contributed by atoms with van der Waals surface area (Å²) in [4.78, 5) is 0. The molecule has 1 aliphatic carbocycles. The molecule has 2 rings (SSSR count). The normalized spacial score (nSPS) is 20.1. The Bertz CT molecular complexity index is 341. The first-order valence-corrected chi connectivity index (χ1v) is 5.86. The lowest BCUT2D eigenvalue weighted by molar-refractivity contribution is 0.341. The van der Waals surface area contributed by atoms with Gasteiger partial charge in [-0.05, 0) is 54.4 Å². The van der Waals surface area contributed by atoms with Gasteiger partial charge in [-0.15, -0.1) is 0 Å². The Morgan fingerprint density at radius 1 is 1.27 bits per heavy atom. The minimum Gasteiger partial charge on any atom is -0.497 e. The minimum atomic E-state index is 0.806. The van der Waals surface area contributed by atoms with Crippen LogP contribution in [0.25, 0.3) is 0 Å². The van der Waals surface area contributed by atoms with Crippen molar-refractivity contribution in [2.24, 2.45) is 11.8 Å². The van der Waals surface area contributed by atoms with E-state index in [0.29, 0.717) is 0 Å². The number of methoxy groups -OCH3 is 1. The monoisotopic (exact) mass is 204 g/mol. The highest BCUT2D eigenvalue weighted by molar-refractivity contribution is 5.37. The number of fused-ring (bicyclic) bond motifs is 1. The molecular weight excluding hydrogens is 184 g/mol. The Hall–Kier alpha value is -0.980. The summed E-state index contributed by atoms with van der Waals surface area (Å²) in [6.07, 6.45) is 3.80. The van der Waals surface area contributed by atoms with Crippen LogP contribution in [0.15, 0.2) is 18.2 Å². The largest absolute Gasteiger partial charge is 0.497 e. The maximum atomic E-state index is 5.25. The number of hydrogen-bond donors (Lipinski definition) is 0. The Kier molecular flexibility index (Phi) is 2.99. The van der Waals surface area contributed by atoms with Crippen molar-refractivity contribution in [1.29, 1.82) is 0 Å². The van der Waals surface area contributed by atoms with Gasteiger partial charge in [0.1, 0.15) is 5.75 Å². The average Bonchev–Trinajstić information content (AvgIpc) is 2.27. The van der Waals surface area contributed by atoms with Gasteiger partial charge in [0.05, 0.1) is 7.11 Å². The molecule has 0 amide bonds. The van der Waals surface area contributed by atoms with Gasteiger partial charge in [-0.2, -0.15) is 0 Å². The number of ether oxygens (including phenoxy) is 1. The minimum absolute atomic E-state index is 0.806. The summed E-state index contributed by atoms with van der Waals surface area (Å²) < 4.78 is 5.25. The van der Waals surface area contributed by atoms with Gasteiger partial charge in [0, 0.05) is 0 Å². The maximum absolute atomic E-state index is 5.25. The molecule has 1 unspecified atom stereocenters. The third-order valence-electron chi connectivity index (χ3n) is 3.62. The summed E-state index contributed by atoms with van der Waals surface area (Å²) in [5, 5.41) is 0. The Balaban J connectivity index is 2.21. The lowest BCUT2D eigenvalue weighted by atomic mass is 9.78.